The van der Waals surface area contributed by atoms with E-state index in [-0.39, 0.29) is 5.91 Å². The van der Waals surface area contributed by atoms with Gasteiger partial charge in [0.05, 0.1) is 33.3 Å². The lowest BCUT2D eigenvalue weighted by Crippen LogP contribution is -2.24. The Morgan fingerprint density at radius 3 is 2.63 bits per heavy atom. The summed E-state index contributed by atoms with van der Waals surface area (Å²) in [6.45, 7) is 0.493. The van der Waals surface area contributed by atoms with Gasteiger partial charge in [-0.15, -0.1) is 11.3 Å². The molecule has 2 aromatic carbocycles. The van der Waals surface area contributed by atoms with Crippen LogP contribution in [0.25, 0.3) is 16.8 Å². The summed E-state index contributed by atoms with van der Waals surface area (Å²) in [6, 6.07) is 17.7. The highest BCUT2D eigenvalue weighted by atomic mass is 32.1. The van der Waals surface area contributed by atoms with E-state index in [2.05, 4.69) is 10.3 Å². The average Bonchev–Trinajstić information content (AvgIpc) is 3.49. The number of rotatable bonds is 7. The Morgan fingerprint density at radius 1 is 1.03 bits per heavy atom. The van der Waals surface area contributed by atoms with Gasteiger partial charge in [-0.1, -0.05) is 24.3 Å². The lowest BCUT2D eigenvalue weighted by atomic mass is 10.0. The number of nitrogens with one attached hydrogen (secondary N) is 1. The molecule has 0 aliphatic carbocycles. The van der Waals surface area contributed by atoms with Gasteiger partial charge in [0, 0.05) is 10.6 Å². The Labute approximate surface area is 178 Å². The van der Waals surface area contributed by atoms with Crippen LogP contribution in [0, 0.1) is 0 Å². The average molecular weight is 420 g/mol. The standard InChI is InChI=1S/C23H21N3O3S/c1-28-21-9-8-17(12-22(21)29-2)16-5-3-6-18(11-16)26-15-24-14-20(26)23(27)25-13-19-7-4-10-30-19/h3-12,14-15H,13H2,1-2H3,(H,25,27). The number of carbonyl (C=O) groups is 1. The van der Waals surface area contributed by atoms with E-state index in [0.29, 0.717) is 23.7 Å². The maximum absolute atomic E-state index is 12.7. The number of hydrogen-bond acceptors (Lipinski definition) is 5. The van der Waals surface area contributed by atoms with Gasteiger partial charge in [0.25, 0.3) is 5.91 Å². The molecule has 4 rings (SSSR count). The van der Waals surface area contributed by atoms with Crippen LogP contribution in [0.1, 0.15) is 15.4 Å². The summed E-state index contributed by atoms with van der Waals surface area (Å²) in [5.41, 5.74) is 3.31. The van der Waals surface area contributed by atoms with Crippen LogP contribution in [0.15, 0.2) is 72.5 Å². The van der Waals surface area contributed by atoms with Gasteiger partial charge in [0.1, 0.15) is 5.69 Å². The van der Waals surface area contributed by atoms with Crippen molar-refractivity contribution in [3.05, 3.63) is 83.1 Å². The van der Waals surface area contributed by atoms with Crippen molar-refractivity contribution in [3.63, 3.8) is 0 Å². The predicted octanol–water partition coefficient (Wildman–Crippen LogP) is 4.55. The monoisotopic (exact) mass is 419 g/mol. The fourth-order valence-electron chi connectivity index (χ4n) is 3.19. The summed E-state index contributed by atoms with van der Waals surface area (Å²) in [7, 11) is 3.23. The summed E-state index contributed by atoms with van der Waals surface area (Å²) < 4.78 is 12.5. The number of hydrogen-bond donors (Lipinski definition) is 1. The number of amides is 1. The topological polar surface area (TPSA) is 65.4 Å². The van der Waals surface area contributed by atoms with Crippen molar-refractivity contribution in [1.29, 1.82) is 0 Å². The number of imidazole rings is 1. The largest absolute Gasteiger partial charge is 0.493 e. The van der Waals surface area contributed by atoms with E-state index in [1.807, 2.05) is 60.0 Å². The van der Waals surface area contributed by atoms with Crippen molar-refractivity contribution >= 4 is 17.2 Å². The highest BCUT2D eigenvalue weighted by Gasteiger charge is 2.14. The van der Waals surface area contributed by atoms with Crippen LogP contribution < -0.4 is 14.8 Å². The molecule has 4 aromatic rings. The highest BCUT2D eigenvalue weighted by molar-refractivity contribution is 7.09. The van der Waals surface area contributed by atoms with E-state index >= 15 is 0 Å². The normalized spacial score (nSPS) is 10.6. The smallest absolute Gasteiger partial charge is 0.270 e. The van der Waals surface area contributed by atoms with Crippen molar-refractivity contribution in [2.45, 2.75) is 6.54 Å². The van der Waals surface area contributed by atoms with Crippen LogP contribution >= 0.6 is 11.3 Å². The minimum absolute atomic E-state index is 0.169. The van der Waals surface area contributed by atoms with E-state index in [0.717, 1.165) is 21.7 Å². The van der Waals surface area contributed by atoms with Crippen LogP contribution in [-0.2, 0) is 6.54 Å². The third-order valence-electron chi connectivity index (χ3n) is 4.72. The molecule has 1 amide bonds. The van der Waals surface area contributed by atoms with Gasteiger partial charge in [-0.05, 0) is 46.8 Å². The molecule has 0 saturated heterocycles. The molecule has 2 aromatic heterocycles. The van der Waals surface area contributed by atoms with E-state index in [1.54, 1.807) is 42.6 Å². The minimum Gasteiger partial charge on any atom is -0.493 e. The Balaban J connectivity index is 1.61. The van der Waals surface area contributed by atoms with E-state index in [9.17, 15) is 4.79 Å². The summed E-state index contributed by atoms with van der Waals surface area (Å²) >= 11 is 1.61. The summed E-state index contributed by atoms with van der Waals surface area (Å²) in [6.07, 6.45) is 3.22. The second-order valence-corrected chi connectivity index (χ2v) is 7.56. The van der Waals surface area contributed by atoms with Crippen molar-refractivity contribution < 1.29 is 14.3 Å². The third-order valence-corrected chi connectivity index (χ3v) is 5.59. The Kier molecular flexibility index (Phi) is 5.81. The maximum Gasteiger partial charge on any atom is 0.270 e. The molecule has 0 bridgehead atoms. The summed E-state index contributed by atoms with van der Waals surface area (Å²) in [5, 5.41) is 4.94. The number of carbonyl (C=O) groups excluding carboxylic acids is 1. The summed E-state index contributed by atoms with van der Waals surface area (Å²) in [5.74, 6) is 1.17. The van der Waals surface area contributed by atoms with Gasteiger partial charge in [-0.25, -0.2) is 4.98 Å². The molecule has 0 aliphatic rings. The lowest BCUT2D eigenvalue weighted by molar-refractivity contribution is 0.0944. The molecule has 0 saturated carbocycles. The fourth-order valence-corrected chi connectivity index (χ4v) is 3.84. The van der Waals surface area contributed by atoms with Crippen LogP contribution in [-0.4, -0.2) is 29.7 Å². The number of methoxy groups -OCH3 is 2. The molecule has 7 heteroatoms. The van der Waals surface area contributed by atoms with Crippen molar-refractivity contribution in [2.75, 3.05) is 14.2 Å². The second kappa shape index (κ2) is 8.84. The van der Waals surface area contributed by atoms with Crippen LogP contribution in [0.4, 0.5) is 0 Å². The first-order chi connectivity index (χ1) is 14.7. The van der Waals surface area contributed by atoms with Gasteiger partial charge >= 0.3 is 0 Å². The molecule has 0 radical (unpaired) electrons. The van der Waals surface area contributed by atoms with E-state index < -0.39 is 0 Å². The number of aromatic nitrogens is 2. The Morgan fingerprint density at radius 2 is 1.87 bits per heavy atom. The SMILES string of the molecule is COc1ccc(-c2cccc(-n3cncc3C(=O)NCc3cccs3)c2)cc1OC. The third kappa shape index (κ3) is 4.06. The van der Waals surface area contributed by atoms with Crippen LogP contribution in [0.5, 0.6) is 11.5 Å². The predicted molar refractivity (Wildman–Crippen MR) is 118 cm³/mol. The van der Waals surface area contributed by atoms with E-state index in [1.165, 1.54) is 0 Å². The minimum atomic E-state index is -0.169. The molecule has 0 atom stereocenters. The second-order valence-electron chi connectivity index (χ2n) is 6.53. The molecular weight excluding hydrogens is 398 g/mol. The zero-order valence-corrected chi connectivity index (χ0v) is 17.5. The summed E-state index contributed by atoms with van der Waals surface area (Å²) in [4.78, 5) is 18.0. The quantitative estimate of drug-likeness (QED) is 0.477. The van der Waals surface area contributed by atoms with Gasteiger partial charge in [-0.2, -0.15) is 0 Å². The number of nitrogens with zero attached hydrogens (tertiary/aromatic N) is 2. The fraction of sp³-hybridized carbons (Fsp3) is 0.130. The molecule has 2 heterocycles. The van der Waals surface area contributed by atoms with Crippen LogP contribution in [0.3, 0.4) is 0 Å². The van der Waals surface area contributed by atoms with E-state index in [4.69, 9.17) is 9.47 Å². The number of ether oxygens (including phenoxy) is 2. The number of benzene rings is 2. The molecule has 30 heavy (non-hydrogen) atoms. The first-order valence-electron chi connectivity index (χ1n) is 9.35. The molecule has 0 unspecified atom stereocenters. The molecule has 0 fully saturated rings. The molecule has 6 nitrogen and oxygen atoms in total. The molecule has 0 aliphatic heterocycles. The Hall–Kier alpha value is -3.58. The van der Waals surface area contributed by atoms with Gasteiger partial charge in [0.2, 0.25) is 0 Å². The first-order valence-corrected chi connectivity index (χ1v) is 10.2. The molecular formula is C23H21N3O3S. The van der Waals surface area contributed by atoms with Crippen molar-refractivity contribution in [2.24, 2.45) is 0 Å². The number of thiophene rings is 1. The molecule has 0 spiro atoms. The van der Waals surface area contributed by atoms with Gasteiger partial charge in [0.15, 0.2) is 11.5 Å². The van der Waals surface area contributed by atoms with Gasteiger partial charge in [-0.3, -0.25) is 9.36 Å². The van der Waals surface area contributed by atoms with Gasteiger partial charge < -0.3 is 14.8 Å². The zero-order chi connectivity index (χ0) is 20.9. The molecule has 152 valence electrons. The molecule has 1 N–H and O–H groups in total. The van der Waals surface area contributed by atoms with Crippen molar-refractivity contribution in [1.82, 2.24) is 14.9 Å². The lowest BCUT2D eigenvalue weighted by Gasteiger charge is -2.12. The highest BCUT2D eigenvalue weighted by Crippen LogP contribution is 2.33. The Bertz CT molecular complexity index is 1150. The maximum atomic E-state index is 12.7. The van der Waals surface area contributed by atoms with Crippen molar-refractivity contribution in [3.8, 4) is 28.3 Å². The zero-order valence-electron chi connectivity index (χ0n) is 16.7. The van der Waals surface area contributed by atoms with Crippen LogP contribution in [0.2, 0.25) is 0 Å². The first kappa shape index (κ1) is 19.7.